The molecule has 96 valence electrons. The van der Waals surface area contributed by atoms with Crippen LogP contribution in [0.15, 0.2) is 18.2 Å². The third-order valence-electron chi connectivity index (χ3n) is 2.69. The molecule has 0 spiro atoms. The van der Waals surface area contributed by atoms with Crippen molar-refractivity contribution in [1.29, 1.82) is 0 Å². The molecule has 0 saturated carbocycles. The van der Waals surface area contributed by atoms with E-state index < -0.39 is 0 Å². The summed E-state index contributed by atoms with van der Waals surface area (Å²) >= 11 is 6.25. The summed E-state index contributed by atoms with van der Waals surface area (Å²) in [5, 5.41) is 4.13. The van der Waals surface area contributed by atoms with E-state index in [1.807, 2.05) is 12.1 Å². The van der Waals surface area contributed by atoms with Crippen molar-refractivity contribution >= 4 is 17.3 Å². The zero-order chi connectivity index (χ0) is 12.7. The van der Waals surface area contributed by atoms with E-state index >= 15 is 0 Å². The normalized spacial score (nSPS) is 10.6. The SMILES string of the molecule is CCNCc1c(Cl)cccc1N(C)CCOC. The highest BCUT2D eigenvalue weighted by Crippen LogP contribution is 2.26. The maximum absolute atomic E-state index is 6.25. The van der Waals surface area contributed by atoms with Gasteiger partial charge in [-0.15, -0.1) is 0 Å². The lowest BCUT2D eigenvalue weighted by atomic mass is 10.1. The van der Waals surface area contributed by atoms with Crippen LogP contribution in [-0.4, -0.2) is 33.9 Å². The molecule has 0 aromatic heterocycles. The number of benzene rings is 1. The van der Waals surface area contributed by atoms with Crippen LogP contribution in [0.1, 0.15) is 12.5 Å². The molecule has 17 heavy (non-hydrogen) atoms. The minimum Gasteiger partial charge on any atom is -0.383 e. The van der Waals surface area contributed by atoms with E-state index in [-0.39, 0.29) is 0 Å². The van der Waals surface area contributed by atoms with Crippen molar-refractivity contribution in [2.75, 3.05) is 38.8 Å². The van der Waals surface area contributed by atoms with Crippen LogP contribution in [0.5, 0.6) is 0 Å². The standard InChI is InChI=1S/C13H21ClN2O/c1-4-15-10-11-12(14)6-5-7-13(11)16(2)8-9-17-3/h5-7,15H,4,8-10H2,1-3H3. The number of ether oxygens (including phenoxy) is 1. The molecule has 0 aliphatic heterocycles. The zero-order valence-corrected chi connectivity index (χ0v) is 11.5. The molecule has 4 heteroatoms. The minimum atomic E-state index is 0.712. The Morgan fingerprint density at radius 3 is 2.82 bits per heavy atom. The summed E-state index contributed by atoms with van der Waals surface area (Å²) in [5.41, 5.74) is 2.31. The Labute approximate surface area is 109 Å². The Hall–Kier alpha value is -0.770. The van der Waals surface area contributed by atoms with Gasteiger partial charge in [0.2, 0.25) is 0 Å². The molecule has 1 aromatic rings. The van der Waals surface area contributed by atoms with Crippen LogP contribution in [0.2, 0.25) is 5.02 Å². The highest BCUT2D eigenvalue weighted by atomic mass is 35.5. The molecule has 0 saturated heterocycles. The van der Waals surface area contributed by atoms with Gasteiger partial charge in [0.1, 0.15) is 0 Å². The largest absolute Gasteiger partial charge is 0.383 e. The van der Waals surface area contributed by atoms with Crippen LogP contribution in [0, 0.1) is 0 Å². The summed E-state index contributed by atoms with van der Waals surface area (Å²) in [6, 6.07) is 6.01. The predicted octanol–water partition coefficient (Wildman–Crippen LogP) is 2.53. The average Bonchev–Trinajstić information content (AvgIpc) is 2.34. The Bertz CT molecular complexity index is 344. The average molecular weight is 257 g/mol. The van der Waals surface area contributed by atoms with Gasteiger partial charge < -0.3 is 15.0 Å². The Morgan fingerprint density at radius 2 is 2.18 bits per heavy atom. The lowest BCUT2D eigenvalue weighted by Gasteiger charge is -2.23. The van der Waals surface area contributed by atoms with E-state index in [1.165, 1.54) is 0 Å². The number of nitrogens with zero attached hydrogens (tertiary/aromatic N) is 1. The number of rotatable bonds is 7. The molecule has 0 radical (unpaired) electrons. The number of nitrogens with one attached hydrogen (secondary N) is 1. The molecule has 0 atom stereocenters. The molecule has 0 amide bonds. The second-order valence-corrected chi connectivity index (χ2v) is 4.34. The van der Waals surface area contributed by atoms with Crippen molar-refractivity contribution in [3.8, 4) is 0 Å². The molecule has 0 heterocycles. The van der Waals surface area contributed by atoms with Crippen molar-refractivity contribution in [3.63, 3.8) is 0 Å². The van der Waals surface area contributed by atoms with Crippen molar-refractivity contribution < 1.29 is 4.74 Å². The lowest BCUT2D eigenvalue weighted by Crippen LogP contribution is -2.24. The Balaban J connectivity index is 2.84. The molecule has 1 rings (SSSR count). The van der Waals surface area contributed by atoms with E-state index in [4.69, 9.17) is 16.3 Å². The van der Waals surface area contributed by atoms with Crippen molar-refractivity contribution in [3.05, 3.63) is 28.8 Å². The first-order chi connectivity index (χ1) is 8.20. The Morgan fingerprint density at radius 1 is 1.41 bits per heavy atom. The monoisotopic (exact) mass is 256 g/mol. The van der Waals surface area contributed by atoms with Crippen LogP contribution in [0.25, 0.3) is 0 Å². The molecule has 0 aliphatic carbocycles. The second-order valence-electron chi connectivity index (χ2n) is 3.93. The molecule has 3 nitrogen and oxygen atoms in total. The first-order valence-corrected chi connectivity index (χ1v) is 6.26. The van der Waals surface area contributed by atoms with E-state index in [9.17, 15) is 0 Å². The van der Waals surface area contributed by atoms with Crippen molar-refractivity contribution in [2.45, 2.75) is 13.5 Å². The van der Waals surface area contributed by atoms with Gasteiger partial charge in [0, 0.05) is 43.5 Å². The van der Waals surface area contributed by atoms with Crippen molar-refractivity contribution in [2.24, 2.45) is 0 Å². The quantitative estimate of drug-likeness (QED) is 0.812. The van der Waals surface area contributed by atoms with Gasteiger partial charge in [-0.25, -0.2) is 0 Å². The van der Waals surface area contributed by atoms with Crippen LogP contribution in [-0.2, 0) is 11.3 Å². The number of hydrogen-bond donors (Lipinski definition) is 1. The van der Waals surface area contributed by atoms with Crippen LogP contribution in [0.4, 0.5) is 5.69 Å². The first-order valence-electron chi connectivity index (χ1n) is 5.88. The molecule has 0 bridgehead atoms. The van der Waals surface area contributed by atoms with Crippen LogP contribution < -0.4 is 10.2 Å². The fraction of sp³-hybridized carbons (Fsp3) is 0.538. The second kappa shape index (κ2) is 7.54. The molecule has 1 N–H and O–H groups in total. The highest BCUT2D eigenvalue weighted by Gasteiger charge is 2.10. The molecule has 0 unspecified atom stereocenters. The molecule has 0 aliphatic rings. The minimum absolute atomic E-state index is 0.712. The summed E-state index contributed by atoms with van der Waals surface area (Å²) < 4.78 is 5.09. The van der Waals surface area contributed by atoms with Gasteiger partial charge in [-0.1, -0.05) is 24.6 Å². The van der Waals surface area contributed by atoms with E-state index in [0.29, 0.717) is 6.61 Å². The summed E-state index contributed by atoms with van der Waals surface area (Å²) in [6.07, 6.45) is 0. The predicted molar refractivity (Wildman–Crippen MR) is 74.0 cm³/mol. The topological polar surface area (TPSA) is 24.5 Å². The summed E-state index contributed by atoms with van der Waals surface area (Å²) in [7, 11) is 3.77. The smallest absolute Gasteiger partial charge is 0.0637 e. The molecular weight excluding hydrogens is 236 g/mol. The lowest BCUT2D eigenvalue weighted by molar-refractivity contribution is 0.206. The number of hydrogen-bond acceptors (Lipinski definition) is 3. The number of likely N-dealkylation sites (N-methyl/N-ethyl adjacent to an activating group) is 1. The van der Waals surface area contributed by atoms with Crippen LogP contribution >= 0.6 is 11.6 Å². The number of anilines is 1. The van der Waals surface area contributed by atoms with E-state index in [0.717, 1.165) is 35.9 Å². The van der Waals surface area contributed by atoms with Crippen LogP contribution in [0.3, 0.4) is 0 Å². The summed E-state index contributed by atoms with van der Waals surface area (Å²) in [4.78, 5) is 2.17. The fourth-order valence-corrected chi connectivity index (χ4v) is 1.91. The summed E-state index contributed by atoms with van der Waals surface area (Å²) in [5.74, 6) is 0. The van der Waals surface area contributed by atoms with Gasteiger partial charge in [-0.3, -0.25) is 0 Å². The zero-order valence-electron chi connectivity index (χ0n) is 10.8. The summed E-state index contributed by atoms with van der Waals surface area (Å²) in [6.45, 7) is 5.39. The van der Waals surface area contributed by atoms with Gasteiger partial charge in [-0.2, -0.15) is 0 Å². The van der Waals surface area contributed by atoms with Gasteiger partial charge >= 0.3 is 0 Å². The van der Waals surface area contributed by atoms with E-state index in [1.54, 1.807) is 7.11 Å². The van der Waals surface area contributed by atoms with Crippen molar-refractivity contribution in [1.82, 2.24) is 5.32 Å². The third kappa shape index (κ3) is 4.19. The fourth-order valence-electron chi connectivity index (χ4n) is 1.68. The first kappa shape index (κ1) is 14.3. The Kier molecular flexibility index (Phi) is 6.34. The van der Waals surface area contributed by atoms with E-state index in [2.05, 4.69) is 30.3 Å². The maximum Gasteiger partial charge on any atom is 0.0637 e. The third-order valence-corrected chi connectivity index (χ3v) is 3.04. The van der Waals surface area contributed by atoms with Gasteiger partial charge in [0.25, 0.3) is 0 Å². The van der Waals surface area contributed by atoms with Gasteiger partial charge in [-0.05, 0) is 18.7 Å². The van der Waals surface area contributed by atoms with Gasteiger partial charge in [0.05, 0.1) is 6.61 Å². The molecule has 0 fully saturated rings. The number of halogens is 1. The maximum atomic E-state index is 6.25. The number of methoxy groups -OCH3 is 1. The highest BCUT2D eigenvalue weighted by molar-refractivity contribution is 6.31. The molecule has 1 aromatic carbocycles. The molecular formula is C13H21ClN2O. The van der Waals surface area contributed by atoms with Gasteiger partial charge in [0.15, 0.2) is 0 Å².